The van der Waals surface area contributed by atoms with Gasteiger partial charge in [0.05, 0.1) is 11.1 Å². The van der Waals surface area contributed by atoms with Crippen LogP contribution in [0.15, 0.2) is 12.1 Å². The third-order valence-corrected chi connectivity index (χ3v) is 7.22. The third kappa shape index (κ3) is 4.27. The Kier molecular flexibility index (Phi) is 8.18. The summed E-state index contributed by atoms with van der Waals surface area (Å²) < 4.78 is 0. The molecule has 0 saturated heterocycles. The van der Waals surface area contributed by atoms with Crippen LogP contribution in [0.3, 0.4) is 0 Å². The van der Waals surface area contributed by atoms with Crippen molar-refractivity contribution in [2.24, 2.45) is 0 Å². The molecule has 0 fully saturated rings. The molecular weight excluding hydrogens is 511 g/mol. The second-order valence-electron chi connectivity index (χ2n) is 10.3. The van der Waals surface area contributed by atoms with Gasteiger partial charge in [-0.25, -0.2) is 0 Å². The standard InChI is InChI=1S/C30H30O8.Na/c1-11(2)19-15-7-13(5)21(27(35)23(15)17(9-31)25(33)29(19)37)22-14(6)8-16-20(12(3)4)30(38)26(34)18(10-32)24(16)28(22)36;/h7-12,33-38H,1-6H3;. The molecule has 0 aliphatic heterocycles. The van der Waals surface area contributed by atoms with E-state index in [4.69, 9.17) is 0 Å². The Hall–Kier alpha value is -3.46. The van der Waals surface area contributed by atoms with Gasteiger partial charge < -0.3 is 30.6 Å². The van der Waals surface area contributed by atoms with Crippen LogP contribution in [0.25, 0.3) is 32.7 Å². The van der Waals surface area contributed by atoms with E-state index in [1.807, 2.05) is 0 Å². The van der Waals surface area contributed by atoms with Gasteiger partial charge in [-0.3, -0.25) is 9.59 Å². The average Bonchev–Trinajstić information content (AvgIpc) is 2.83. The number of rotatable bonds is 5. The molecule has 4 rings (SSSR count). The van der Waals surface area contributed by atoms with E-state index in [9.17, 15) is 40.2 Å². The molecule has 6 N–H and O–H groups in total. The van der Waals surface area contributed by atoms with Gasteiger partial charge >= 0.3 is 0 Å². The van der Waals surface area contributed by atoms with Crippen LogP contribution < -0.4 is 0 Å². The number of phenolic OH excluding ortho intramolecular Hbond substituents is 6. The monoisotopic (exact) mass is 541 g/mol. The Morgan fingerprint density at radius 2 is 0.872 bits per heavy atom. The van der Waals surface area contributed by atoms with Crippen LogP contribution in [0.1, 0.15) is 82.5 Å². The summed E-state index contributed by atoms with van der Waals surface area (Å²) in [5.41, 5.74) is 1.33. The molecule has 4 aromatic rings. The van der Waals surface area contributed by atoms with Crippen molar-refractivity contribution in [1.82, 2.24) is 0 Å². The number of fused-ring (bicyclic) bond motifs is 2. The zero-order chi connectivity index (χ0) is 28.4. The molecule has 8 nitrogen and oxygen atoms in total. The molecule has 0 saturated carbocycles. The summed E-state index contributed by atoms with van der Waals surface area (Å²) in [5.74, 6) is -3.57. The molecule has 9 heteroatoms. The quantitative estimate of drug-likeness (QED) is 0.102. The van der Waals surface area contributed by atoms with Gasteiger partial charge in [-0.15, -0.1) is 0 Å². The van der Waals surface area contributed by atoms with Crippen molar-refractivity contribution in [1.29, 1.82) is 0 Å². The van der Waals surface area contributed by atoms with Crippen LogP contribution in [-0.2, 0) is 0 Å². The molecular formula is C30H30NaO8. The molecule has 0 aliphatic rings. The molecule has 4 aromatic carbocycles. The average molecular weight is 542 g/mol. The molecule has 0 aliphatic carbocycles. The third-order valence-electron chi connectivity index (χ3n) is 7.22. The molecule has 0 amide bonds. The van der Waals surface area contributed by atoms with Gasteiger partial charge in [-0.05, 0) is 47.6 Å². The molecule has 0 aromatic heterocycles. The summed E-state index contributed by atoms with van der Waals surface area (Å²) in [7, 11) is 0. The minimum atomic E-state index is -0.661. The maximum absolute atomic E-state index is 12.0. The van der Waals surface area contributed by atoms with Crippen molar-refractivity contribution in [2.75, 3.05) is 0 Å². The van der Waals surface area contributed by atoms with Crippen molar-refractivity contribution in [3.8, 4) is 45.6 Å². The molecule has 0 bridgehead atoms. The number of aryl methyl sites for hydroxylation is 2. The summed E-state index contributed by atoms with van der Waals surface area (Å²) >= 11 is 0. The predicted octanol–water partition coefficient (Wildman–Crippen LogP) is 6.00. The summed E-state index contributed by atoms with van der Waals surface area (Å²) in [5, 5.41) is 66.4. The summed E-state index contributed by atoms with van der Waals surface area (Å²) in [6, 6.07) is 3.31. The van der Waals surface area contributed by atoms with Crippen molar-refractivity contribution in [3.63, 3.8) is 0 Å². The number of phenols is 6. The molecule has 0 atom stereocenters. The number of hydrogen-bond donors (Lipinski definition) is 6. The number of aldehydes is 2. The SMILES string of the molecule is Cc1cc2c(C(C)C)c(O)c(O)c(C=O)c2c(O)c1-c1c(C)cc2c(C(C)C)c(O)c(O)c(C=O)c2c1O.[Na]. The molecule has 0 heterocycles. The zero-order valence-electron chi connectivity index (χ0n) is 23.0. The fourth-order valence-corrected chi connectivity index (χ4v) is 5.60. The molecule has 1 radical (unpaired) electrons. The Labute approximate surface area is 247 Å². The van der Waals surface area contributed by atoms with E-state index in [1.165, 1.54) is 0 Å². The van der Waals surface area contributed by atoms with E-state index in [2.05, 4.69) is 0 Å². The minimum absolute atomic E-state index is 0. The van der Waals surface area contributed by atoms with Crippen LogP contribution in [0.4, 0.5) is 0 Å². The minimum Gasteiger partial charge on any atom is -0.507 e. The Bertz CT molecular complexity index is 1560. The fourth-order valence-electron chi connectivity index (χ4n) is 5.60. The summed E-state index contributed by atoms with van der Waals surface area (Å²) in [4.78, 5) is 24.0. The van der Waals surface area contributed by atoms with Crippen LogP contribution >= 0.6 is 0 Å². The van der Waals surface area contributed by atoms with E-state index >= 15 is 0 Å². The molecule has 0 unspecified atom stereocenters. The normalized spacial score (nSPS) is 11.4. The first-order valence-electron chi connectivity index (χ1n) is 12.2. The Balaban J connectivity index is 0.00000420. The number of hydrogen-bond acceptors (Lipinski definition) is 8. The smallest absolute Gasteiger partial charge is 0.169 e. The second kappa shape index (κ2) is 10.6. The first-order valence-corrected chi connectivity index (χ1v) is 12.2. The second-order valence-corrected chi connectivity index (χ2v) is 10.3. The zero-order valence-corrected chi connectivity index (χ0v) is 25.0. The summed E-state index contributed by atoms with van der Waals surface area (Å²) in [6.45, 7) is 10.5. The number of carbonyl (C=O) groups is 2. The van der Waals surface area contributed by atoms with Gasteiger partial charge in [-0.1, -0.05) is 39.8 Å². The van der Waals surface area contributed by atoms with Gasteiger partial charge in [-0.2, -0.15) is 0 Å². The van der Waals surface area contributed by atoms with E-state index in [0.29, 0.717) is 45.6 Å². The first-order chi connectivity index (χ1) is 17.8. The molecule has 0 spiro atoms. The van der Waals surface area contributed by atoms with E-state index < -0.39 is 34.5 Å². The summed E-state index contributed by atoms with van der Waals surface area (Å²) in [6.07, 6.45) is 0.682. The van der Waals surface area contributed by atoms with E-state index in [1.54, 1.807) is 53.7 Å². The number of carbonyl (C=O) groups excluding carboxylic acids is 2. The Morgan fingerprint density at radius 3 is 1.13 bits per heavy atom. The van der Waals surface area contributed by atoms with Crippen LogP contribution in [0.5, 0.6) is 34.5 Å². The van der Waals surface area contributed by atoms with Crippen molar-refractivity contribution < 1.29 is 40.2 Å². The van der Waals surface area contributed by atoms with Crippen molar-refractivity contribution in [2.45, 2.75) is 53.4 Å². The maximum Gasteiger partial charge on any atom is 0.169 e. The van der Waals surface area contributed by atoms with Gasteiger partial charge in [0.2, 0.25) is 0 Å². The molecule has 199 valence electrons. The van der Waals surface area contributed by atoms with Crippen molar-refractivity contribution >= 4 is 63.7 Å². The fraction of sp³-hybridized carbons (Fsp3) is 0.267. The number of aromatic hydroxyl groups is 6. The van der Waals surface area contributed by atoms with Gasteiger partial charge in [0.15, 0.2) is 35.6 Å². The van der Waals surface area contributed by atoms with Gasteiger partial charge in [0.1, 0.15) is 11.5 Å². The van der Waals surface area contributed by atoms with E-state index in [-0.39, 0.29) is 74.4 Å². The molecule has 39 heavy (non-hydrogen) atoms. The van der Waals surface area contributed by atoms with E-state index in [0.717, 1.165) is 0 Å². The van der Waals surface area contributed by atoms with Crippen molar-refractivity contribution in [3.05, 3.63) is 45.5 Å². The van der Waals surface area contributed by atoms with Crippen LogP contribution in [0.2, 0.25) is 0 Å². The van der Waals surface area contributed by atoms with Gasteiger partial charge in [0.25, 0.3) is 0 Å². The first kappa shape index (κ1) is 30.1. The number of benzene rings is 4. The van der Waals surface area contributed by atoms with Gasteiger partial charge in [0, 0.05) is 62.6 Å². The van der Waals surface area contributed by atoms with Crippen LogP contribution in [-0.4, -0.2) is 72.8 Å². The Morgan fingerprint density at radius 1 is 0.564 bits per heavy atom. The predicted molar refractivity (Wildman–Crippen MR) is 151 cm³/mol. The largest absolute Gasteiger partial charge is 0.507 e. The maximum atomic E-state index is 12.0. The topological polar surface area (TPSA) is 156 Å². The van der Waals surface area contributed by atoms with Crippen LogP contribution in [0, 0.1) is 13.8 Å².